The van der Waals surface area contributed by atoms with Crippen molar-refractivity contribution in [3.05, 3.63) is 71.0 Å². The molecular formula is C18H18ClN5. The van der Waals surface area contributed by atoms with E-state index in [1.807, 2.05) is 55.5 Å². The monoisotopic (exact) mass is 339 g/mol. The average Bonchev–Trinajstić information content (AvgIpc) is 2.59. The van der Waals surface area contributed by atoms with Gasteiger partial charge in [0, 0.05) is 17.3 Å². The highest BCUT2D eigenvalue weighted by Crippen LogP contribution is 2.27. The number of hydrogen-bond acceptors (Lipinski definition) is 5. The number of aryl methyl sites for hydroxylation is 1. The second kappa shape index (κ2) is 7.19. The average molecular weight is 340 g/mol. The smallest absolute Gasteiger partial charge is 0.159 e. The fourth-order valence-electron chi connectivity index (χ4n) is 2.26. The molecule has 0 radical (unpaired) electrons. The number of halogens is 1. The molecule has 0 amide bonds. The van der Waals surface area contributed by atoms with Crippen LogP contribution in [0.1, 0.15) is 11.1 Å². The van der Waals surface area contributed by atoms with Crippen LogP contribution >= 0.6 is 11.6 Å². The Labute approximate surface area is 145 Å². The SMILES string of the molecule is Cc1ccccc1Nc1ncnc(NCc2ccc(Cl)cc2)c1N. The Balaban J connectivity index is 1.75. The first kappa shape index (κ1) is 16.1. The van der Waals surface area contributed by atoms with Gasteiger partial charge in [-0.1, -0.05) is 41.9 Å². The number of anilines is 4. The molecule has 24 heavy (non-hydrogen) atoms. The van der Waals surface area contributed by atoms with Crippen molar-refractivity contribution in [2.45, 2.75) is 13.5 Å². The summed E-state index contributed by atoms with van der Waals surface area (Å²) >= 11 is 5.90. The van der Waals surface area contributed by atoms with Gasteiger partial charge in [0.25, 0.3) is 0 Å². The predicted molar refractivity (Wildman–Crippen MR) is 99.7 cm³/mol. The third-order valence-corrected chi connectivity index (χ3v) is 3.91. The highest BCUT2D eigenvalue weighted by atomic mass is 35.5. The number of nitrogens with zero attached hydrogens (tertiary/aromatic N) is 2. The zero-order valence-corrected chi connectivity index (χ0v) is 14.0. The quantitative estimate of drug-likeness (QED) is 0.643. The fourth-order valence-corrected chi connectivity index (χ4v) is 2.39. The number of nitrogens with two attached hydrogens (primary N) is 1. The lowest BCUT2D eigenvalue weighted by Crippen LogP contribution is -2.08. The topological polar surface area (TPSA) is 75.9 Å². The van der Waals surface area contributed by atoms with Gasteiger partial charge in [-0.05, 0) is 36.2 Å². The number of benzene rings is 2. The summed E-state index contributed by atoms with van der Waals surface area (Å²) in [5.74, 6) is 1.17. The molecule has 0 aliphatic rings. The van der Waals surface area contributed by atoms with E-state index in [1.54, 1.807) is 0 Å². The van der Waals surface area contributed by atoms with Crippen molar-refractivity contribution in [2.24, 2.45) is 0 Å². The molecule has 0 unspecified atom stereocenters. The van der Waals surface area contributed by atoms with Crippen LogP contribution in [-0.4, -0.2) is 9.97 Å². The maximum Gasteiger partial charge on any atom is 0.159 e. The van der Waals surface area contributed by atoms with E-state index in [0.717, 1.165) is 16.8 Å². The van der Waals surface area contributed by atoms with Crippen molar-refractivity contribution >= 4 is 34.6 Å². The second-order valence-corrected chi connectivity index (χ2v) is 5.84. The third kappa shape index (κ3) is 3.75. The first-order chi connectivity index (χ1) is 11.6. The summed E-state index contributed by atoms with van der Waals surface area (Å²) in [6, 6.07) is 15.6. The molecular weight excluding hydrogens is 322 g/mol. The van der Waals surface area contributed by atoms with Crippen molar-refractivity contribution in [2.75, 3.05) is 16.4 Å². The molecule has 6 heteroatoms. The molecule has 4 N–H and O–H groups in total. The lowest BCUT2D eigenvalue weighted by atomic mass is 10.2. The van der Waals surface area contributed by atoms with Crippen LogP contribution in [-0.2, 0) is 6.54 Å². The number of aromatic nitrogens is 2. The highest BCUT2D eigenvalue weighted by molar-refractivity contribution is 6.30. The Bertz CT molecular complexity index is 833. The molecule has 1 aromatic heterocycles. The number of nitrogen functional groups attached to an aromatic ring is 1. The minimum Gasteiger partial charge on any atom is -0.393 e. The van der Waals surface area contributed by atoms with Crippen molar-refractivity contribution in [3.8, 4) is 0 Å². The van der Waals surface area contributed by atoms with Gasteiger partial charge in [-0.3, -0.25) is 0 Å². The number of hydrogen-bond donors (Lipinski definition) is 3. The maximum absolute atomic E-state index is 6.20. The largest absolute Gasteiger partial charge is 0.393 e. The number of para-hydroxylation sites is 1. The van der Waals surface area contributed by atoms with Gasteiger partial charge in [-0.2, -0.15) is 0 Å². The van der Waals surface area contributed by atoms with Crippen LogP contribution in [0.15, 0.2) is 54.9 Å². The minimum atomic E-state index is 0.481. The van der Waals surface area contributed by atoms with Gasteiger partial charge < -0.3 is 16.4 Å². The molecule has 0 fully saturated rings. The molecule has 5 nitrogen and oxygen atoms in total. The fraction of sp³-hybridized carbons (Fsp3) is 0.111. The third-order valence-electron chi connectivity index (χ3n) is 3.66. The Morgan fingerprint density at radius 2 is 1.71 bits per heavy atom. The second-order valence-electron chi connectivity index (χ2n) is 5.40. The zero-order valence-electron chi connectivity index (χ0n) is 13.3. The lowest BCUT2D eigenvalue weighted by Gasteiger charge is -2.13. The van der Waals surface area contributed by atoms with E-state index in [-0.39, 0.29) is 0 Å². The van der Waals surface area contributed by atoms with Crippen LogP contribution in [0.5, 0.6) is 0 Å². The summed E-state index contributed by atoms with van der Waals surface area (Å²) in [5, 5.41) is 7.20. The predicted octanol–water partition coefficient (Wildman–Crippen LogP) is 4.38. The van der Waals surface area contributed by atoms with E-state index in [4.69, 9.17) is 17.3 Å². The molecule has 3 rings (SSSR count). The van der Waals surface area contributed by atoms with Gasteiger partial charge in [0.2, 0.25) is 0 Å². The van der Waals surface area contributed by atoms with E-state index in [9.17, 15) is 0 Å². The van der Waals surface area contributed by atoms with Crippen molar-refractivity contribution in [3.63, 3.8) is 0 Å². The Hall–Kier alpha value is -2.79. The molecule has 0 saturated heterocycles. The van der Waals surface area contributed by atoms with Gasteiger partial charge >= 0.3 is 0 Å². The Morgan fingerprint density at radius 1 is 1.00 bits per heavy atom. The first-order valence-corrected chi connectivity index (χ1v) is 7.93. The van der Waals surface area contributed by atoms with Crippen LogP contribution < -0.4 is 16.4 Å². The van der Waals surface area contributed by atoms with Gasteiger partial charge in [0.1, 0.15) is 12.0 Å². The van der Waals surface area contributed by atoms with Crippen molar-refractivity contribution in [1.29, 1.82) is 0 Å². The van der Waals surface area contributed by atoms with E-state index < -0.39 is 0 Å². The van der Waals surface area contributed by atoms with Crippen molar-refractivity contribution in [1.82, 2.24) is 9.97 Å². The van der Waals surface area contributed by atoms with E-state index in [2.05, 4.69) is 20.6 Å². The van der Waals surface area contributed by atoms with Crippen molar-refractivity contribution < 1.29 is 0 Å². The van der Waals surface area contributed by atoms with Gasteiger partial charge in [0.15, 0.2) is 11.6 Å². The Kier molecular flexibility index (Phi) is 4.82. The minimum absolute atomic E-state index is 0.481. The molecule has 0 bridgehead atoms. The standard InChI is InChI=1S/C18H18ClN5/c1-12-4-2-3-5-15(12)24-18-16(20)17(22-11-23-18)21-10-13-6-8-14(19)9-7-13/h2-9,11H,10,20H2,1H3,(H2,21,22,23,24). The summed E-state index contributed by atoms with van der Waals surface area (Å²) in [7, 11) is 0. The molecule has 0 spiro atoms. The van der Waals surface area contributed by atoms with Crippen LogP contribution in [0.25, 0.3) is 0 Å². The molecule has 122 valence electrons. The van der Waals surface area contributed by atoms with Crippen LogP contribution in [0, 0.1) is 6.92 Å². The van der Waals surface area contributed by atoms with Gasteiger partial charge in [-0.15, -0.1) is 0 Å². The molecule has 1 heterocycles. The maximum atomic E-state index is 6.20. The van der Waals surface area contributed by atoms with Crippen LogP contribution in [0.4, 0.5) is 23.0 Å². The summed E-state index contributed by atoms with van der Waals surface area (Å²) < 4.78 is 0. The normalized spacial score (nSPS) is 10.4. The van der Waals surface area contributed by atoms with Crippen LogP contribution in [0.3, 0.4) is 0 Å². The lowest BCUT2D eigenvalue weighted by molar-refractivity contribution is 1.09. The number of rotatable bonds is 5. The first-order valence-electron chi connectivity index (χ1n) is 7.55. The summed E-state index contributed by atoms with van der Waals surface area (Å²) in [5.41, 5.74) is 9.85. The van der Waals surface area contributed by atoms with E-state index in [1.165, 1.54) is 6.33 Å². The molecule has 0 aliphatic heterocycles. The molecule has 3 aromatic rings. The molecule has 0 aliphatic carbocycles. The summed E-state index contributed by atoms with van der Waals surface area (Å²) in [6.07, 6.45) is 1.49. The Morgan fingerprint density at radius 3 is 2.46 bits per heavy atom. The zero-order chi connectivity index (χ0) is 16.9. The van der Waals surface area contributed by atoms with Crippen LogP contribution in [0.2, 0.25) is 5.02 Å². The molecule has 2 aromatic carbocycles. The highest BCUT2D eigenvalue weighted by Gasteiger charge is 2.09. The van der Waals surface area contributed by atoms with E-state index >= 15 is 0 Å². The summed E-state index contributed by atoms with van der Waals surface area (Å²) in [6.45, 7) is 2.63. The molecule has 0 saturated carbocycles. The van der Waals surface area contributed by atoms with E-state index in [0.29, 0.717) is 28.9 Å². The number of nitrogens with one attached hydrogen (secondary N) is 2. The molecule has 0 atom stereocenters. The summed E-state index contributed by atoms with van der Waals surface area (Å²) in [4.78, 5) is 8.46. The van der Waals surface area contributed by atoms with Gasteiger partial charge in [0.05, 0.1) is 0 Å². The van der Waals surface area contributed by atoms with Gasteiger partial charge in [-0.25, -0.2) is 9.97 Å².